The molecule has 0 atom stereocenters. The Hall–Kier alpha value is -1.29. The number of hydrogen-bond acceptors (Lipinski definition) is 3. The number of aliphatic hydroxyl groups is 1. The number of nitrogen functional groups attached to an aromatic ring is 1. The average Bonchev–Trinajstić information content (AvgIpc) is 2.20. The Morgan fingerprint density at radius 1 is 1.47 bits per heavy atom. The van der Waals surface area contributed by atoms with Crippen LogP contribution < -0.4 is 11.1 Å². The van der Waals surface area contributed by atoms with Gasteiger partial charge < -0.3 is 16.2 Å². The lowest BCUT2D eigenvalue weighted by atomic mass is 9.95. The fourth-order valence-electron chi connectivity index (χ4n) is 1.07. The summed E-state index contributed by atoms with van der Waals surface area (Å²) in [5, 5.41) is 12.1. The normalized spacial score (nSPS) is 11.5. The first-order valence-corrected chi connectivity index (χ1v) is 4.84. The van der Waals surface area contributed by atoms with E-state index in [-0.39, 0.29) is 17.8 Å². The van der Waals surface area contributed by atoms with Crippen LogP contribution in [0.1, 0.15) is 13.8 Å². The molecule has 0 aliphatic rings. The van der Waals surface area contributed by atoms with E-state index in [1.54, 1.807) is 0 Å². The standard InChI is InChI=1S/C11H17FN2O/c1-11(2,7-15)6-14-10-5-8(12)3-4-9(10)13/h3-5,14-15H,6-7,13H2,1-2H3. The number of hydrogen-bond donors (Lipinski definition) is 3. The van der Waals surface area contributed by atoms with E-state index in [1.165, 1.54) is 18.2 Å². The molecular formula is C11H17FN2O. The molecule has 1 aromatic carbocycles. The van der Waals surface area contributed by atoms with E-state index in [2.05, 4.69) is 5.32 Å². The molecule has 3 nitrogen and oxygen atoms in total. The Bertz CT molecular complexity index is 339. The number of rotatable bonds is 4. The third-order valence-corrected chi connectivity index (χ3v) is 2.20. The van der Waals surface area contributed by atoms with Crippen LogP contribution in [0.4, 0.5) is 15.8 Å². The van der Waals surface area contributed by atoms with Crippen molar-refractivity contribution >= 4 is 11.4 Å². The number of benzene rings is 1. The molecule has 0 aromatic heterocycles. The third kappa shape index (κ3) is 3.40. The quantitative estimate of drug-likeness (QED) is 0.667. The highest BCUT2D eigenvalue weighted by Gasteiger charge is 2.16. The second kappa shape index (κ2) is 4.49. The minimum Gasteiger partial charge on any atom is -0.397 e. The van der Waals surface area contributed by atoms with Gasteiger partial charge in [0.2, 0.25) is 0 Å². The molecule has 0 fully saturated rings. The summed E-state index contributed by atoms with van der Waals surface area (Å²) >= 11 is 0. The van der Waals surface area contributed by atoms with Gasteiger partial charge in [0.15, 0.2) is 0 Å². The van der Waals surface area contributed by atoms with Crippen molar-refractivity contribution in [2.75, 3.05) is 24.2 Å². The van der Waals surface area contributed by atoms with Gasteiger partial charge in [0.05, 0.1) is 11.4 Å². The lowest BCUT2D eigenvalue weighted by Gasteiger charge is -2.23. The summed E-state index contributed by atoms with van der Waals surface area (Å²) in [5.74, 6) is -0.325. The van der Waals surface area contributed by atoms with E-state index in [0.717, 1.165) is 0 Å². The summed E-state index contributed by atoms with van der Waals surface area (Å²) in [5.41, 5.74) is 6.49. The zero-order chi connectivity index (χ0) is 11.5. The highest BCUT2D eigenvalue weighted by Crippen LogP contribution is 2.21. The Balaban J connectivity index is 2.69. The second-order valence-electron chi connectivity index (χ2n) is 4.41. The van der Waals surface area contributed by atoms with Crippen molar-refractivity contribution in [2.24, 2.45) is 5.41 Å². The molecule has 0 saturated carbocycles. The van der Waals surface area contributed by atoms with Crippen LogP contribution in [0.15, 0.2) is 18.2 Å². The van der Waals surface area contributed by atoms with Crippen LogP contribution in [0.25, 0.3) is 0 Å². The van der Waals surface area contributed by atoms with Gasteiger partial charge in [0, 0.05) is 18.6 Å². The minimum atomic E-state index is -0.325. The first-order valence-electron chi connectivity index (χ1n) is 4.84. The highest BCUT2D eigenvalue weighted by molar-refractivity contribution is 5.65. The van der Waals surface area contributed by atoms with Crippen LogP contribution in [0.3, 0.4) is 0 Å². The van der Waals surface area contributed by atoms with Gasteiger partial charge in [0.1, 0.15) is 5.82 Å². The van der Waals surface area contributed by atoms with Crippen molar-refractivity contribution < 1.29 is 9.50 Å². The average molecular weight is 212 g/mol. The van der Waals surface area contributed by atoms with Gasteiger partial charge in [-0.05, 0) is 18.2 Å². The summed E-state index contributed by atoms with van der Waals surface area (Å²) in [6, 6.07) is 4.18. The zero-order valence-corrected chi connectivity index (χ0v) is 9.05. The summed E-state index contributed by atoms with van der Waals surface area (Å²) < 4.78 is 12.9. The molecule has 84 valence electrons. The largest absolute Gasteiger partial charge is 0.397 e. The predicted molar refractivity (Wildman–Crippen MR) is 60.2 cm³/mol. The topological polar surface area (TPSA) is 58.3 Å². The van der Waals surface area contributed by atoms with Crippen molar-refractivity contribution in [3.05, 3.63) is 24.0 Å². The molecule has 15 heavy (non-hydrogen) atoms. The Labute approximate surface area is 89.1 Å². The lowest BCUT2D eigenvalue weighted by molar-refractivity contribution is 0.171. The maximum absolute atomic E-state index is 12.9. The maximum Gasteiger partial charge on any atom is 0.125 e. The molecule has 0 radical (unpaired) electrons. The summed E-state index contributed by atoms with van der Waals surface area (Å²) in [6.45, 7) is 4.43. The van der Waals surface area contributed by atoms with Gasteiger partial charge in [0.25, 0.3) is 0 Å². The van der Waals surface area contributed by atoms with E-state index in [0.29, 0.717) is 17.9 Å². The molecule has 4 heteroatoms. The fraction of sp³-hybridized carbons (Fsp3) is 0.455. The Morgan fingerprint density at radius 2 is 2.13 bits per heavy atom. The number of anilines is 2. The summed E-state index contributed by atoms with van der Waals surface area (Å²) in [7, 11) is 0. The smallest absolute Gasteiger partial charge is 0.125 e. The molecule has 0 unspecified atom stereocenters. The van der Waals surface area contributed by atoms with Crippen molar-refractivity contribution in [3.63, 3.8) is 0 Å². The fourth-order valence-corrected chi connectivity index (χ4v) is 1.07. The molecule has 0 amide bonds. The molecule has 1 aromatic rings. The van der Waals surface area contributed by atoms with E-state index in [9.17, 15) is 4.39 Å². The molecule has 4 N–H and O–H groups in total. The number of halogens is 1. The first-order chi connectivity index (χ1) is 6.94. The van der Waals surface area contributed by atoms with Gasteiger partial charge in [-0.1, -0.05) is 13.8 Å². The zero-order valence-electron chi connectivity index (χ0n) is 9.05. The summed E-state index contributed by atoms with van der Waals surface area (Å²) in [4.78, 5) is 0. The SMILES string of the molecule is CC(C)(CO)CNc1cc(F)ccc1N. The van der Waals surface area contributed by atoms with Crippen molar-refractivity contribution in [1.82, 2.24) is 0 Å². The van der Waals surface area contributed by atoms with Crippen LogP contribution in [0, 0.1) is 11.2 Å². The molecule has 0 aliphatic carbocycles. The molecule has 0 heterocycles. The molecule has 0 saturated heterocycles. The highest BCUT2D eigenvalue weighted by atomic mass is 19.1. The van der Waals surface area contributed by atoms with Crippen LogP contribution in [-0.2, 0) is 0 Å². The van der Waals surface area contributed by atoms with Crippen LogP contribution in [0.5, 0.6) is 0 Å². The monoisotopic (exact) mass is 212 g/mol. The predicted octanol–water partition coefficient (Wildman–Crippen LogP) is 1.84. The molecule has 0 bridgehead atoms. The van der Waals surface area contributed by atoms with Crippen LogP contribution in [0.2, 0.25) is 0 Å². The number of aliphatic hydroxyl groups excluding tert-OH is 1. The molecule has 0 aliphatic heterocycles. The lowest BCUT2D eigenvalue weighted by Crippen LogP contribution is -2.27. The van der Waals surface area contributed by atoms with E-state index in [4.69, 9.17) is 10.8 Å². The molecular weight excluding hydrogens is 195 g/mol. The maximum atomic E-state index is 12.9. The van der Waals surface area contributed by atoms with Gasteiger partial charge >= 0.3 is 0 Å². The minimum absolute atomic E-state index is 0.0647. The van der Waals surface area contributed by atoms with Crippen molar-refractivity contribution in [2.45, 2.75) is 13.8 Å². The van der Waals surface area contributed by atoms with E-state index in [1.807, 2.05) is 13.8 Å². The van der Waals surface area contributed by atoms with Crippen molar-refractivity contribution in [1.29, 1.82) is 0 Å². The Kier molecular flexibility index (Phi) is 3.52. The van der Waals surface area contributed by atoms with Gasteiger partial charge in [-0.3, -0.25) is 0 Å². The summed E-state index contributed by atoms with van der Waals surface area (Å²) in [6.07, 6.45) is 0. The third-order valence-electron chi connectivity index (χ3n) is 2.20. The van der Waals surface area contributed by atoms with Crippen LogP contribution in [-0.4, -0.2) is 18.3 Å². The number of nitrogens with one attached hydrogen (secondary N) is 1. The van der Waals surface area contributed by atoms with E-state index < -0.39 is 0 Å². The second-order valence-corrected chi connectivity index (χ2v) is 4.41. The molecule has 0 spiro atoms. The van der Waals surface area contributed by atoms with E-state index >= 15 is 0 Å². The van der Waals surface area contributed by atoms with Crippen molar-refractivity contribution in [3.8, 4) is 0 Å². The Morgan fingerprint density at radius 3 is 2.73 bits per heavy atom. The van der Waals surface area contributed by atoms with Crippen LogP contribution >= 0.6 is 0 Å². The van der Waals surface area contributed by atoms with Gasteiger partial charge in [-0.15, -0.1) is 0 Å². The van der Waals surface area contributed by atoms with Gasteiger partial charge in [-0.25, -0.2) is 4.39 Å². The molecule has 1 rings (SSSR count). The first kappa shape index (κ1) is 11.8. The van der Waals surface area contributed by atoms with Gasteiger partial charge in [-0.2, -0.15) is 0 Å². The number of nitrogens with two attached hydrogens (primary N) is 1.